The molecule has 2 aliphatic rings. The van der Waals surface area contributed by atoms with Crippen molar-refractivity contribution in [2.24, 2.45) is 5.92 Å². The molecule has 0 aliphatic carbocycles. The van der Waals surface area contributed by atoms with Gasteiger partial charge in [0.05, 0.1) is 23.7 Å². The van der Waals surface area contributed by atoms with E-state index in [0.717, 1.165) is 23.4 Å². The number of alkyl halides is 4. The number of nitrogens with one attached hydrogen (secondary N) is 1. The number of pyridine rings is 1. The van der Waals surface area contributed by atoms with E-state index in [-0.39, 0.29) is 13.5 Å². The van der Waals surface area contributed by atoms with Gasteiger partial charge in [-0.2, -0.15) is 13.2 Å². The van der Waals surface area contributed by atoms with E-state index in [1.165, 1.54) is 12.1 Å². The van der Waals surface area contributed by atoms with Crippen LogP contribution in [-0.2, 0) is 15.7 Å². The van der Waals surface area contributed by atoms with E-state index in [1.807, 2.05) is 0 Å². The van der Waals surface area contributed by atoms with Crippen LogP contribution in [0.1, 0.15) is 30.6 Å². The summed E-state index contributed by atoms with van der Waals surface area (Å²) in [5.41, 5.74) is 0.669. The van der Waals surface area contributed by atoms with Gasteiger partial charge >= 0.3 is 6.18 Å². The van der Waals surface area contributed by atoms with Gasteiger partial charge in [-0.25, -0.2) is 4.39 Å². The number of halogens is 4. The molecular weight excluding hydrogens is 376 g/mol. The minimum absolute atomic E-state index is 0. The molecule has 2 bridgehead atoms. The number of ether oxygens (including phenoxy) is 1. The van der Waals surface area contributed by atoms with Crippen LogP contribution in [0.15, 0.2) is 42.6 Å². The Morgan fingerprint density at radius 1 is 1.29 bits per heavy atom. The Kier molecular flexibility index (Phi) is 4.61. The summed E-state index contributed by atoms with van der Waals surface area (Å²) >= 11 is 0. The summed E-state index contributed by atoms with van der Waals surface area (Å²) in [7, 11) is 0. The lowest BCUT2D eigenvalue weighted by Gasteiger charge is -2.29. The van der Waals surface area contributed by atoms with Gasteiger partial charge in [0.1, 0.15) is 6.17 Å². The molecule has 1 aromatic carbocycles. The highest BCUT2D eigenvalue weighted by molar-refractivity contribution is 5.94. The van der Waals surface area contributed by atoms with Crippen molar-refractivity contribution in [3.63, 3.8) is 0 Å². The Balaban J connectivity index is 0.00000240. The first kappa shape index (κ1) is 18.9. The molecule has 0 radical (unpaired) electrons. The Hall–Kier alpha value is -2.48. The van der Waals surface area contributed by atoms with Crippen molar-refractivity contribution in [3.8, 4) is 0 Å². The molecule has 8 heteroatoms. The highest BCUT2D eigenvalue weighted by atomic mass is 19.4. The lowest BCUT2D eigenvalue weighted by molar-refractivity contribution is -0.137. The van der Waals surface area contributed by atoms with Crippen LogP contribution in [0.4, 0.5) is 23.2 Å². The van der Waals surface area contributed by atoms with E-state index in [4.69, 9.17) is 4.74 Å². The maximum absolute atomic E-state index is 14.3. The normalized spacial score (nSPS) is 29.1. The van der Waals surface area contributed by atoms with E-state index in [0.29, 0.717) is 0 Å². The highest BCUT2D eigenvalue weighted by Gasteiger charge is 2.57. The maximum atomic E-state index is 14.3. The van der Waals surface area contributed by atoms with Gasteiger partial charge in [0.25, 0.3) is 0 Å². The molecule has 0 saturated carbocycles. The van der Waals surface area contributed by atoms with E-state index in [1.54, 1.807) is 25.3 Å². The number of aromatic nitrogens is 1. The minimum atomic E-state index is -4.51. The summed E-state index contributed by atoms with van der Waals surface area (Å²) in [5, 5.41) is 2.55. The van der Waals surface area contributed by atoms with Gasteiger partial charge in [0.2, 0.25) is 5.91 Å². The van der Waals surface area contributed by atoms with Gasteiger partial charge in [-0.05, 0) is 42.8 Å². The number of anilines is 1. The van der Waals surface area contributed by atoms with E-state index < -0.39 is 47.9 Å². The maximum Gasteiger partial charge on any atom is 0.416 e. The fourth-order valence-corrected chi connectivity index (χ4v) is 4.18. The summed E-state index contributed by atoms with van der Waals surface area (Å²) in [6.45, 7) is 1.79. The van der Waals surface area contributed by atoms with Gasteiger partial charge < -0.3 is 10.1 Å². The third-order valence-electron chi connectivity index (χ3n) is 5.35. The van der Waals surface area contributed by atoms with Gasteiger partial charge in [0.15, 0.2) is 0 Å². The second-order valence-electron chi connectivity index (χ2n) is 7.24. The number of carbonyl (C=O) groups is 1. The van der Waals surface area contributed by atoms with Gasteiger partial charge in [0, 0.05) is 31.3 Å². The zero-order chi connectivity index (χ0) is 20.1. The molecule has 150 valence electrons. The summed E-state index contributed by atoms with van der Waals surface area (Å²) in [5.74, 6) is -1.67. The predicted octanol–water partition coefficient (Wildman–Crippen LogP) is 4.50. The first-order chi connectivity index (χ1) is 13.2. The van der Waals surface area contributed by atoms with Crippen molar-refractivity contribution in [2.75, 3.05) is 5.32 Å². The molecular formula is C20H20F4N2O2. The lowest BCUT2D eigenvalue weighted by Crippen LogP contribution is -2.39. The summed E-state index contributed by atoms with van der Waals surface area (Å²) < 4.78 is 58.7. The standard InChI is InChI=1S/C20H18F4N2O2.H2/c1-10-7-11(5-6-25-10)16-17(15-9-14(21)18(16)28-15)19(27)26-13-4-2-3-12(8-13)20(22,23)24;/h2-8,14-18H,9H2,1H3,(H,26,27);1H/t14-,15-,16-,17-,18+;/m1./s1. The largest absolute Gasteiger partial charge is 0.416 e. The Labute approximate surface area is 160 Å². The fraction of sp³-hybridized carbons (Fsp3) is 0.400. The second kappa shape index (κ2) is 6.84. The summed E-state index contributed by atoms with van der Waals surface area (Å²) in [6.07, 6.45) is -5.35. The van der Waals surface area contributed by atoms with Crippen LogP contribution in [0, 0.1) is 12.8 Å². The number of fused-ring (bicyclic) bond motifs is 2. The monoisotopic (exact) mass is 396 g/mol. The fourth-order valence-electron chi connectivity index (χ4n) is 4.18. The number of rotatable bonds is 3. The number of benzene rings is 1. The summed E-state index contributed by atoms with van der Waals surface area (Å²) in [6, 6.07) is 7.95. The quantitative estimate of drug-likeness (QED) is 0.777. The van der Waals surface area contributed by atoms with Gasteiger partial charge in [-0.15, -0.1) is 0 Å². The first-order valence-corrected chi connectivity index (χ1v) is 8.94. The smallest absolute Gasteiger partial charge is 0.370 e. The number of hydrogen-bond acceptors (Lipinski definition) is 3. The molecule has 0 unspecified atom stereocenters. The van der Waals surface area contributed by atoms with Crippen LogP contribution >= 0.6 is 0 Å². The average Bonchev–Trinajstić information content (AvgIpc) is 3.18. The Morgan fingerprint density at radius 3 is 2.79 bits per heavy atom. The molecule has 28 heavy (non-hydrogen) atoms. The van der Waals surface area contributed by atoms with Crippen molar-refractivity contribution in [3.05, 3.63) is 59.4 Å². The molecule has 4 nitrogen and oxygen atoms in total. The Morgan fingerprint density at radius 2 is 2.07 bits per heavy atom. The molecule has 3 heterocycles. The molecule has 4 rings (SSSR count). The molecule has 5 atom stereocenters. The number of hydrogen-bond donors (Lipinski definition) is 1. The number of amides is 1. The average molecular weight is 396 g/mol. The lowest BCUT2D eigenvalue weighted by atomic mass is 9.74. The molecule has 1 N–H and O–H groups in total. The third kappa shape index (κ3) is 3.37. The summed E-state index contributed by atoms with van der Waals surface area (Å²) in [4.78, 5) is 17.1. The van der Waals surface area contributed by atoms with Crippen molar-refractivity contribution >= 4 is 11.6 Å². The number of aryl methyl sites for hydroxylation is 1. The molecule has 2 aromatic rings. The van der Waals surface area contributed by atoms with E-state index >= 15 is 0 Å². The number of nitrogens with zero attached hydrogens (tertiary/aromatic N) is 1. The Bertz CT molecular complexity index is 908. The van der Waals surface area contributed by atoms with Crippen LogP contribution in [0.25, 0.3) is 0 Å². The van der Waals surface area contributed by atoms with Crippen LogP contribution < -0.4 is 5.32 Å². The van der Waals surface area contributed by atoms with Crippen LogP contribution in [0.3, 0.4) is 0 Å². The van der Waals surface area contributed by atoms with Crippen LogP contribution in [-0.4, -0.2) is 29.3 Å². The van der Waals surface area contributed by atoms with Crippen LogP contribution in [0.2, 0.25) is 0 Å². The first-order valence-electron chi connectivity index (χ1n) is 8.94. The van der Waals surface area contributed by atoms with Crippen molar-refractivity contribution in [1.29, 1.82) is 0 Å². The van der Waals surface area contributed by atoms with Crippen molar-refractivity contribution in [2.45, 2.75) is 43.8 Å². The highest BCUT2D eigenvalue weighted by Crippen LogP contribution is 2.50. The third-order valence-corrected chi connectivity index (χ3v) is 5.35. The molecule has 2 fully saturated rings. The molecule has 1 amide bonds. The van der Waals surface area contributed by atoms with Gasteiger partial charge in [-0.3, -0.25) is 9.78 Å². The topological polar surface area (TPSA) is 51.2 Å². The van der Waals surface area contributed by atoms with Crippen molar-refractivity contribution < 1.29 is 28.5 Å². The van der Waals surface area contributed by atoms with E-state index in [9.17, 15) is 22.4 Å². The van der Waals surface area contributed by atoms with E-state index in [2.05, 4.69) is 10.3 Å². The predicted molar refractivity (Wildman–Crippen MR) is 95.6 cm³/mol. The molecule has 2 saturated heterocycles. The second-order valence-corrected chi connectivity index (χ2v) is 7.24. The number of carbonyl (C=O) groups excluding carboxylic acids is 1. The molecule has 0 spiro atoms. The van der Waals surface area contributed by atoms with Crippen LogP contribution in [0.5, 0.6) is 0 Å². The SMILES string of the molecule is Cc1cc([C@H]2[C@H]3O[C@H](C[C@H]3F)[C@H]2C(=O)Nc2cccc(C(F)(F)F)c2)ccn1.[HH]. The minimum Gasteiger partial charge on any atom is -0.370 e. The van der Waals surface area contributed by atoms with Crippen molar-refractivity contribution in [1.82, 2.24) is 4.98 Å². The zero-order valence-electron chi connectivity index (χ0n) is 14.9. The molecule has 2 aliphatic heterocycles. The zero-order valence-corrected chi connectivity index (χ0v) is 14.9. The molecule has 1 aromatic heterocycles. The van der Waals surface area contributed by atoms with Gasteiger partial charge in [-0.1, -0.05) is 6.07 Å².